The lowest BCUT2D eigenvalue weighted by Gasteiger charge is -2.21. The van der Waals surface area contributed by atoms with Crippen LogP contribution < -0.4 is 0 Å². The van der Waals surface area contributed by atoms with Crippen molar-refractivity contribution in [2.24, 2.45) is 0 Å². The molecule has 0 aliphatic heterocycles. The molecule has 0 amide bonds. The van der Waals surface area contributed by atoms with Crippen LogP contribution in [0, 0.1) is 6.92 Å². The molecule has 0 unspecified atom stereocenters. The van der Waals surface area contributed by atoms with Gasteiger partial charge in [0.1, 0.15) is 0 Å². The van der Waals surface area contributed by atoms with Crippen LogP contribution in [0.4, 0.5) is 0 Å². The van der Waals surface area contributed by atoms with Gasteiger partial charge in [-0.1, -0.05) is 153 Å². The van der Waals surface area contributed by atoms with Gasteiger partial charge in [0.25, 0.3) is 0 Å². The molecule has 0 fully saturated rings. The Kier molecular flexibility index (Phi) is 10.3. The molecular formula is C63H58N6. The van der Waals surface area contributed by atoms with Crippen LogP contribution in [0.15, 0.2) is 170 Å². The first-order chi connectivity index (χ1) is 33.0. The summed E-state index contributed by atoms with van der Waals surface area (Å²) in [5.74, 6) is 1.82. The first-order valence-corrected chi connectivity index (χ1v) is 24.1. The van der Waals surface area contributed by atoms with E-state index in [1.807, 2.05) is 42.6 Å². The Morgan fingerprint density at radius 1 is 0.362 bits per heavy atom. The quantitative estimate of drug-likeness (QED) is 0.167. The smallest absolute Gasteiger partial charge is 0.164 e. The minimum absolute atomic E-state index is 0.0133. The molecule has 0 atom stereocenters. The summed E-state index contributed by atoms with van der Waals surface area (Å²) in [4.78, 5) is 20.9. The van der Waals surface area contributed by atoms with Crippen molar-refractivity contribution in [2.75, 3.05) is 0 Å². The van der Waals surface area contributed by atoms with Crippen molar-refractivity contribution in [3.8, 4) is 56.8 Å². The predicted molar refractivity (Wildman–Crippen MR) is 289 cm³/mol. The first kappa shape index (κ1) is 43.8. The van der Waals surface area contributed by atoms with Crippen LogP contribution in [-0.4, -0.2) is 29.1 Å². The molecule has 0 saturated carbocycles. The van der Waals surface area contributed by atoms with Gasteiger partial charge in [-0.25, -0.2) is 15.0 Å². The van der Waals surface area contributed by atoms with Gasteiger partial charge in [0, 0.05) is 50.0 Å². The maximum Gasteiger partial charge on any atom is 0.164 e. The van der Waals surface area contributed by atoms with Gasteiger partial charge >= 0.3 is 0 Å². The minimum atomic E-state index is -0.0316. The van der Waals surface area contributed by atoms with E-state index >= 15 is 0 Å². The molecule has 0 saturated heterocycles. The van der Waals surface area contributed by atoms with Crippen molar-refractivity contribution in [3.63, 3.8) is 0 Å². The Labute approximate surface area is 405 Å². The minimum Gasteiger partial charge on any atom is -0.309 e. The summed E-state index contributed by atoms with van der Waals surface area (Å²) in [6.45, 7) is 22.8. The highest BCUT2D eigenvalue weighted by Gasteiger charge is 2.26. The monoisotopic (exact) mass is 898 g/mol. The lowest BCUT2D eigenvalue weighted by Crippen LogP contribution is -2.10. The highest BCUT2D eigenvalue weighted by molar-refractivity contribution is 6.12. The van der Waals surface area contributed by atoms with E-state index in [1.54, 1.807) is 0 Å². The number of nitrogens with zero attached hydrogens (tertiary/aromatic N) is 6. The van der Waals surface area contributed by atoms with Gasteiger partial charge in [0.05, 0.1) is 39.1 Å². The zero-order valence-electron chi connectivity index (χ0n) is 41.3. The Morgan fingerprint density at radius 2 is 0.783 bits per heavy atom. The van der Waals surface area contributed by atoms with Crippen LogP contribution in [-0.2, 0) is 16.2 Å². The molecule has 0 radical (unpaired) electrons. The molecule has 69 heavy (non-hydrogen) atoms. The van der Waals surface area contributed by atoms with Gasteiger partial charge in [-0.05, 0) is 119 Å². The number of hydrogen-bond acceptors (Lipinski definition) is 4. The normalized spacial score (nSPS) is 12.5. The molecule has 0 aliphatic rings. The molecule has 0 spiro atoms. The number of rotatable bonds is 6. The average Bonchev–Trinajstić information content (AvgIpc) is 3.84. The van der Waals surface area contributed by atoms with E-state index in [9.17, 15) is 0 Å². The number of benzene rings is 7. The number of hydrogen-bond donors (Lipinski definition) is 0. The molecule has 11 rings (SSSR count). The maximum absolute atomic E-state index is 5.39. The summed E-state index contributed by atoms with van der Waals surface area (Å²) in [6.07, 6.45) is 1.92. The Morgan fingerprint density at radius 3 is 1.25 bits per heavy atom. The average molecular weight is 899 g/mol. The third-order valence-electron chi connectivity index (χ3n) is 13.8. The Hall–Kier alpha value is -7.70. The second kappa shape index (κ2) is 16.2. The van der Waals surface area contributed by atoms with Crippen LogP contribution in [0.2, 0.25) is 0 Å². The van der Waals surface area contributed by atoms with E-state index < -0.39 is 0 Å². The predicted octanol–water partition coefficient (Wildman–Crippen LogP) is 16.3. The van der Waals surface area contributed by atoms with E-state index in [0.29, 0.717) is 17.5 Å². The molecule has 4 aromatic heterocycles. The third kappa shape index (κ3) is 7.78. The molecule has 0 aliphatic carbocycles. The standard InChI is InChI=1S/C63H58N6/c1-39-23-28-51-46(34-39)47-36-43(61(2,3)4)27-32-54(47)69(51)56-22-17-33-64-57(56)50-35-42(60-66-58(40-18-13-11-14-19-40)65-59(67-60)41-20-15-12-16-21-41)24-29-55(50)68-52-30-25-44(62(5,6)7)37-48(52)49-38-45(63(8,9)10)26-31-53(49)68/h11-38H,1-10H3. The number of pyridine rings is 1. The maximum atomic E-state index is 5.39. The number of aromatic nitrogens is 6. The van der Waals surface area contributed by atoms with Crippen LogP contribution in [0.25, 0.3) is 100 Å². The summed E-state index contributed by atoms with van der Waals surface area (Å²) in [5, 5.41) is 4.90. The lowest BCUT2D eigenvalue weighted by molar-refractivity contribution is 0.590. The summed E-state index contributed by atoms with van der Waals surface area (Å²) in [7, 11) is 0. The molecule has 340 valence electrons. The number of aryl methyl sites for hydroxylation is 1. The van der Waals surface area contributed by atoms with Gasteiger partial charge in [0.15, 0.2) is 17.5 Å². The lowest BCUT2D eigenvalue weighted by atomic mass is 9.85. The van der Waals surface area contributed by atoms with Crippen LogP contribution in [0.1, 0.15) is 84.6 Å². The van der Waals surface area contributed by atoms with Crippen LogP contribution in [0.3, 0.4) is 0 Å². The Bertz CT molecular complexity index is 3650. The molecular weight excluding hydrogens is 841 g/mol. The fourth-order valence-corrected chi connectivity index (χ4v) is 9.86. The van der Waals surface area contributed by atoms with Crippen molar-refractivity contribution in [3.05, 3.63) is 192 Å². The molecule has 11 aromatic rings. The van der Waals surface area contributed by atoms with Gasteiger partial charge < -0.3 is 9.13 Å². The second-order valence-corrected chi connectivity index (χ2v) is 21.8. The van der Waals surface area contributed by atoms with Gasteiger partial charge in [-0.15, -0.1) is 0 Å². The van der Waals surface area contributed by atoms with E-state index in [-0.39, 0.29) is 16.2 Å². The zero-order chi connectivity index (χ0) is 48.0. The highest BCUT2D eigenvalue weighted by atomic mass is 15.0. The summed E-state index contributed by atoms with van der Waals surface area (Å²) in [5.41, 5.74) is 16.1. The fourth-order valence-electron chi connectivity index (χ4n) is 9.86. The largest absolute Gasteiger partial charge is 0.309 e. The van der Waals surface area contributed by atoms with E-state index in [4.69, 9.17) is 19.9 Å². The molecule has 0 N–H and O–H groups in total. The van der Waals surface area contributed by atoms with E-state index in [1.165, 1.54) is 43.8 Å². The molecule has 0 bridgehead atoms. The van der Waals surface area contributed by atoms with Crippen molar-refractivity contribution in [1.29, 1.82) is 0 Å². The van der Waals surface area contributed by atoms with E-state index in [2.05, 4.69) is 206 Å². The Balaban J connectivity index is 1.24. The van der Waals surface area contributed by atoms with Gasteiger partial charge in [-0.3, -0.25) is 4.98 Å². The highest BCUT2D eigenvalue weighted by Crippen LogP contribution is 2.44. The molecule has 6 heteroatoms. The molecule has 4 heterocycles. The van der Waals surface area contributed by atoms with E-state index in [0.717, 1.165) is 61.4 Å². The van der Waals surface area contributed by atoms with Crippen LogP contribution in [0.5, 0.6) is 0 Å². The van der Waals surface area contributed by atoms with Crippen molar-refractivity contribution in [1.82, 2.24) is 29.1 Å². The molecule has 7 aromatic carbocycles. The second-order valence-electron chi connectivity index (χ2n) is 21.8. The van der Waals surface area contributed by atoms with Crippen LogP contribution >= 0.6 is 0 Å². The fraction of sp³-hybridized carbons (Fsp3) is 0.206. The molecule has 6 nitrogen and oxygen atoms in total. The SMILES string of the molecule is Cc1ccc2c(c1)c1cc(C(C)(C)C)ccc1n2-c1cccnc1-c1cc(-c2nc(-c3ccccc3)nc(-c3ccccc3)n2)ccc1-n1c2ccc(C(C)(C)C)cc2c2cc(C(C)(C)C)ccc21. The third-order valence-corrected chi connectivity index (χ3v) is 13.8. The summed E-state index contributed by atoms with van der Waals surface area (Å²) < 4.78 is 4.86. The zero-order valence-corrected chi connectivity index (χ0v) is 41.3. The van der Waals surface area contributed by atoms with Crippen molar-refractivity contribution in [2.45, 2.75) is 85.5 Å². The summed E-state index contributed by atoms with van der Waals surface area (Å²) >= 11 is 0. The van der Waals surface area contributed by atoms with Gasteiger partial charge in [-0.2, -0.15) is 0 Å². The van der Waals surface area contributed by atoms with Gasteiger partial charge in [0.2, 0.25) is 0 Å². The first-order valence-electron chi connectivity index (χ1n) is 24.1. The van der Waals surface area contributed by atoms with Crippen molar-refractivity contribution < 1.29 is 0 Å². The topological polar surface area (TPSA) is 61.4 Å². The summed E-state index contributed by atoms with van der Waals surface area (Å²) in [6, 6.07) is 59.1. The van der Waals surface area contributed by atoms with Crippen molar-refractivity contribution >= 4 is 43.6 Å². The number of fused-ring (bicyclic) bond motifs is 6.